The summed E-state index contributed by atoms with van der Waals surface area (Å²) in [4.78, 5) is 19.8. The molecule has 1 atom stereocenters. The smallest absolute Gasteiger partial charge is 0.222 e. The number of hydrogen-bond donors (Lipinski definition) is 1. The standard InChI is InChI=1S/C15H20FNO2.C10H13N3O/c16-13-10-12(4-3-7-17-5-1-2-6-17)11-14-15(13)19-9-8-18-14;11-10(14)8-4-6-13(7-8)9-3-1-2-5-12-9/h10-11H,1-9H2;1-3,5,8H,4,6-7H2,(H2,11,14). The summed E-state index contributed by atoms with van der Waals surface area (Å²) in [6.45, 7) is 6.04. The van der Waals surface area contributed by atoms with E-state index in [0.717, 1.165) is 43.7 Å². The molecule has 2 N–H and O–H groups in total. The van der Waals surface area contributed by atoms with Crippen LogP contribution in [0.3, 0.4) is 0 Å². The van der Waals surface area contributed by atoms with E-state index in [0.29, 0.717) is 25.5 Å². The number of benzene rings is 1. The van der Waals surface area contributed by atoms with Gasteiger partial charge in [0.15, 0.2) is 17.3 Å². The number of hydrogen-bond acceptors (Lipinski definition) is 6. The van der Waals surface area contributed by atoms with Gasteiger partial charge in [-0.1, -0.05) is 6.07 Å². The van der Waals surface area contributed by atoms with Gasteiger partial charge in [0.1, 0.15) is 19.0 Å². The van der Waals surface area contributed by atoms with Gasteiger partial charge >= 0.3 is 0 Å². The van der Waals surface area contributed by atoms with Crippen molar-refractivity contribution in [3.8, 4) is 11.5 Å². The Bertz CT molecular complexity index is 921. The molecule has 0 bridgehead atoms. The zero-order valence-corrected chi connectivity index (χ0v) is 19.0. The zero-order valence-electron chi connectivity index (χ0n) is 19.0. The minimum atomic E-state index is -0.298. The average Bonchev–Trinajstić information content (AvgIpc) is 3.53. The van der Waals surface area contributed by atoms with Crippen molar-refractivity contribution in [2.24, 2.45) is 11.7 Å². The van der Waals surface area contributed by atoms with Gasteiger partial charge in [0.2, 0.25) is 5.91 Å². The molecule has 3 aliphatic heterocycles. The second-order valence-electron chi connectivity index (χ2n) is 8.78. The fraction of sp³-hybridized carbons (Fsp3) is 0.520. The van der Waals surface area contributed by atoms with Crippen LogP contribution in [-0.2, 0) is 11.2 Å². The van der Waals surface area contributed by atoms with Crippen LogP contribution < -0.4 is 20.1 Å². The van der Waals surface area contributed by atoms with Gasteiger partial charge in [0.05, 0.1) is 5.92 Å². The van der Waals surface area contributed by atoms with Gasteiger partial charge in [0, 0.05) is 19.3 Å². The van der Waals surface area contributed by atoms with Crippen molar-refractivity contribution in [1.29, 1.82) is 0 Å². The van der Waals surface area contributed by atoms with E-state index in [-0.39, 0.29) is 23.4 Å². The fourth-order valence-electron chi connectivity index (χ4n) is 4.56. The van der Waals surface area contributed by atoms with Gasteiger partial charge in [-0.3, -0.25) is 4.79 Å². The van der Waals surface area contributed by atoms with E-state index in [1.54, 1.807) is 12.3 Å². The summed E-state index contributed by atoms with van der Waals surface area (Å²) in [7, 11) is 0. The van der Waals surface area contributed by atoms with Gasteiger partial charge in [-0.2, -0.15) is 0 Å². The maximum atomic E-state index is 13.8. The van der Waals surface area contributed by atoms with E-state index in [1.165, 1.54) is 25.9 Å². The highest BCUT2D eigenvalue weighted by molar-refractivity contribution is 5.78. The van der Waals surface area contributed by atoms with Gasteiger partial charge < -0.3 is 25.0 Å². The van der Waals surface area contributed by atoms with Crippen LogP contribution in [0.2, 0.25) is 0 Å². The molecule has 178 valence electrons. The third-order valence-corrected chi connectivity index (χ3v) is 6.36. The number of pyridine rings is 1. The number of amides is 1. The van der Waals surface area contributed by atoms with Crippen LogP contribution in [0.5, 0.6) is 11.5 Å². The number of aryl methyl sites for hydroxylation is 1. The predicted molar refractivity (Wildman–Crippen MR) is 125 cm³/mol. The van der Waals surface area contributed by atoms with Gasteiger partial charge in [-0.05, 0) is 81.6 Å². The molecule has 2 aromatic rings. The molecule has 2 saturated heterocycles. The molecule has 0 saturated carbocycles. The molecule has 0 aliphatic carbocycles. The molecule has 1 aromatic heterocycles. The molecule has 7 nitrogen and oxygen atoms in total. The van der Waals surface area contributed by atoms with E-state index >= 15 is 0 Å². The molecule has 2 fully saturated rings. The Morgan fingerprint density at radius 1 is 1.15 bits per heavy atom. The summed E-state index contributed by atoms with van der Waals surface area (Å²) in [5.74, 6) is 1.24. The van der Waals surface area contributed by atoms with Crippen LogP contribution in [0.25, 0.3) is 0 Å². The number of fused-ring (bicyclic) bond motifs is 1. The lowest BCUT2D eigenvalue weighted by molar-refractivity contribution is -0.121. The number of likely N-dealkylation sites (tertiary alicyclic amines) is 1. The number of rotatable bonds is 6. The Morgan fingerprint density at radius 2 is 1.97 bits per heavy atom. The predicted octanol–water partition coefficient (Wildman–Crippen LogP) is 3.02. The van der Waals surface area contributed by atoms with Crippen LogP contribution in [0, 0.1) is 11.7 Å². The lowest BCUT2D eigenvalue weighted by atomic mass is 10.1. The first-order valence-electron chi connectivity index (χ1n) is 11.9. The lowest BCUT2D eigenvalue weighted by Gasteiger charge is -2.20. The Labute approximate surface area is 194 Å². The number of ether oxygens (including phenoxy) is 2. The van der Waals surface area contributed by atoms with Crippen LogP contribution >= 0.6 is 0 Å². The van der Waals surface area contributed by atoms with Crippen LogP contribution in [0.15, 0.2) is 36.5 Å². The SMILES string of the molecule is Fc1cc(CCCN2CCCC2)cc2c1OCCO2.NC(=O)C1CCN(c2ccccn2)C1. The molecule has 0 spiro atoms. The van der Waals surface area contributed by atoms with Crippen molar-refractivity contribution in [3.05, 3.63) is 47.9 Å². The van der Waals surface area contributed by atoms with Gasteiger partial charge in [-0.25, -0.2) is 9.37 Å². The monoisotopic (exact) mass is 456 g/mol. The third-order valence-electron chi connectivity index (χ3n) is 6.36. The number of anilines is 1. The van der Waals surface area contributed by atoms with Crippen LogP contribution in [0.1, 0.15) is 31.2 Å². The lowest BCUT2D eigenvalue weighted by Crippen LogP contribution is -2.27. The van der Waals surface area contributed by atoms with Crippen molar-refractivity contribution in [3.63, 3.8) is 0 Å². The first kappa shape index (κ1) is 23.3. The normalized spacial score (nSPS) is 19.8. The molecule has 1 unspecified atom stereocenters. The highest BCUT2D eigenvalue weighted by Crippen LogP contribution is 2.34. The first-order valence-corrected chi connectivity index (χ1v) is 11.9. The van der Waals surface area contributed by atoms with E-state index < -0.39 is 0 Å². The largest absolute Gasteiger partial charge is 0.486 e. The minimum absolute atomic E-state index is 0.0167. The van der Waals surface area contributed by atoms with E-state index in [9.17, 15) is 9.18 Å². The maximum absolute atomic E-state index is 13.8. The Morgan fingerprint density at radius 3 is 2.70 bits per heavy atom. The Balaban J connectivity index is 0.000000165. The second-order valence-corrected chi connectivity index (χ2v) is 8.78. The number of nitrogens with zero attached hydrogens (tertiary/aromatic N) is 3. The van der Waals surface area contributed by atoms with Gasteiger partial charge in [0.25, 0.3) is 0 Å². The van der Waals surface area contributed by atoms with Crippen molar-refractivity contribution in [2.45, 2.75) is 32.1 Å². The number of nitrogens with two attached hydrogens (primary N) is 1. The fourth-order valence-corrected chi connectivity index (χ4v) is 4.56. The topological polar surface area (TPSA) is 80.9 Å². The van der Waals surface area contributed by atoms with Crippen LogP contribution in [0.4, 0.5) is 10.2 Å². The molecule has 8 heteroatoms. The Hall–Kier alpha value is -2.87. The first-order chi connectivity index (χ1) is 16.1. The highest BCUT2D eigenvalue weighted by Gasteiger charge is 2.27. The molecule has 5 rings (SSSR count). The summed E-state index contributed by atoms with van der Waals surface area (Å²) in [5.41, 5.74) is 6.25. The summed E-state index contributed by atoms with van der Waals surface area (Å²) in [5, 5.41) is 0. The molecule has 0 radical (unpaired) electrons. The number of primary amides is 1. The van der Waals surface area contributed by atoms with Crippen LogP contribution in [-0.4, -0.2) is 61.7 Å². The summed E-state index contributed by atoms with van der Waals surface area (Å²) in [6.07, 6.45) is 7.19. The van der Waals surface area contributed by atoms with Crippen molar-refractivity contribution in [2.75, 3.05) is 50.8 Å². The van der Waals surface area contributed by atoms with Crippen molar-refractivity contribution >= 4 is 11.7 Å². The van der Waals surface area contributed by atoms with Crippen molar-refractivity contribution < 1.29 is 18.7 Å². The number of halogens is 1. The van der Waals surface area contributed by atoms with Crippen molar-refractivity contribution in [1.82, 2.24) is 9.88 Å². The zero-order chi connectivity index (χ0) is 23.0. The molecule has 1 aromatic carbocycles. The second kappa shape index (κ2) is 11.3. The average molecular weight is 457 g/mol. The van der Waals surface area contributed by atoms with E-state index in [4.69, 9.17) is 15.2 Å². The van der Waals surface area contributed by atoms with Gasteiger partial charge in [-0.15, -0.1) is 0 Å². The number of aromatic nitrogens is 1. The quantitative estimate of drug-likeness (QED) is 0.720. The third kappa shape index (κ3) is 6.35. The van der Waals surface area contributed by atoms with E-state index in [2.05, 4.69) is 14.8 Å². The summed E-state index contributed by atoms with van der Waals surface area (Å²) < 4.78 is 24.6. The molecule has 4 heterocycles. The summed E-state index contributed by atoms with van der Waals surface area (Å²) in [6, 6.07) is 9.27. The summed E-state index contributed by atoms with van der Waals surface area (Å²) >= 11 is 0. The molecular formula is C25H33FN4O3. The minimum Gasteiger partial charge on any atom is -0.486 e. The molecular weight excluding hydrogens is 423 g/mol. The maximum Gasteiger partial charge on any atom is 0.222 e. The highest BCUT2D eigenvalue weighted by atomic mass is 19.1. The Kier molecular flexibility index (Phi) is 7.99. The van der Waals surface area contributed by atoms with E-state index in [1.807, 2.05) is 24.3 Å². The number of carbonyl (C=O) groups is 1. The molecule has 33 heavy (non-hydrogen) atoms. The number of carbonyl (C=O) groups excluding carboxylic acids is 1. The molecule has 1 amide bonds. The molecule has 3 aliphatic rings.